The third-order valence-electron chi connectivity index (χ3n) is 6.11. The van der Waals surface area contributed by atoms with Crippen molar-refractivity contribution < 1.29 is 0 Å². The summed E-state index contributed by atoms with van der Waals surface area (Å²) in [6.45, 7) is 5.99. The largest absolute Gasteiger partial charge is 0.354 e. The maximum Gasteiger partial charge on any atom is 0.191 e. The third kappa shape index (κ3) is 4.85. The molecule has 3 fully saturated rings. The van der Waals surface area contributed by atoms with Crippen molar-refractivity contribution in [1.82, 2.24) is 15.5 Å². The Labute approximate surface area is 142 Å². The minimum atomic E-state index is 0.598. The van der Waals surface area contributed by atoms with E-state index in [1.807, 2.05) is 7.05 Å². The number of nitrogens with zero attached hydrogens (tertiary/aromatic N) is 2. The van der Waals surface area contributed by atoms with Gasteiger partial charge in [-0.25, -0.2) is 0 Å². The summed E-state index contributed by atoms with van der Waals surface area (Å²) in [6, 6.07) is 1.28. The van der Waals surface area contributed by atoms with Crippen LogP contribution in [0.1, 0.15) is 64.7 Å². The molecule has 2 aliphatic carbocycles. The highest BCUT2D eigenvalue weighted by Crippen LogP contribution is 2.44. The number of piperidine rings is 1. The maximum absolute atomic E-state index is 4.48. The Morgan fingerprint density at radius 1 is 1.04 bits per heavy atom. The Morgan fingerprint density at radius 2 is 1.78 bits per heavy atom. The SMILES string of the molecule is CCCN1CCC(NC(=NC)NC2CC2C2CCCCC2)CC1. The second-order valence-corrected chi connectivity index (χ2v) is 7.88. The van der Waals surface area contributed by atoms with Crippen molar-refractivity contribution >= 4 is 5.96 Å². The van der Waals surface area contributed by atoms with Gasteiger partial charge in [0, 0.05) is 32.2 Å². The van der Waals surface area contributed by atoms with Gasteiger partial charge in [0.25, 0.3) is 0 Å². The summed E-state index contributed by atoms with van der Waals surface area (Å²) in [4.78, 5) is 7.07. The van der Waals surface area contributed by atoms with Gasteiger partial charge in [-0.15, -0.1) is 0 Å². The van der Waals surface area contributed by atoms with Crippen LogP contribution in [-0.4, -0.2) is 49.6 Å². The number of nitrogens with one attached hydrogen (secondary N) is 2. The summed E-state index contributed by atoms with van der Waals surface area (Å²) in [5, 5.41) is 7.37. The summed E-state index contributed by atoms with van der Waals surface area (Å²) in [7, 11) is 1.92. The molecular weight excluding hydrogens is 284 g/mol. The molecule has 23 heavy (non-hydrogen) atoms. The molecule has 0 spiro atoms. The van der Waals surface area contributed by atoms with E-state index < -0.39 is 0 Å². The zero-order chi connectivity index (χ0) is 16.1. The van der Waals surface area contributed by atoms with E-state index in [4.69, 9.17) is 0 Å². The highest BCUT2D eigenvalue weighted by atomic mass is 15.2. The van der Waals surface area contributed by atoms with E-state index in [9.17, 15) is 0 Å². The van der Waals surface area contributed by atoms with Crippen LogP contribution in [0.25, 0.3) is 0 Å². The van der Waals surface area contributed by atoms with Crippen molar-refractivity contribution in [2.75, 3.05) is 26.7 Å². The molecule has 4 nitrogen and oxygen atoms in total. The van der Waals surface area contributed by atoms with E-state index in [1.165, 1.54) is 77.4 Å². The lowest BCUT2D eigenvalue weighted by atomic mass is 9.85. The predicted molar refractivity (Wildman–Crippen MR) is 97.9 cm³/mol. The van der Waals surface area contributed by atoms with Crippen molar-refractivity contribution in [2.45, 2.75) is 76.8 Å². The maximum atomic E-state index is 4.48. The van der Waals surface area contributed by atoms with Crippen LogP contribution in [0.2, 0.25) is 0 Å². The molecule has 0 aromatic carbocycles. The second kappa shape index (κ2) is 8.36. The first-order valence-electron chi connectivity index (χ1n) is 10.0. The van der Waals surface area contributed by atoms with Gasteiger partial charge in [-0.2, -0.15) is 0 Å². The normalized spacial score (nSPS) is 31.1. The highest BCUT2D eigenvalue weighted by molar-refractivity contribution is 5.80. The topological polar surface area (TPSA) is 39.7 Å². The van der Waals surface area contributed by atoms with Crippen LogP contribution in [-0.2, 0) is 0 Å². The van der Waals surface area contributed by atoms with E-state index in [2.05, 4.69) is 27.4 Å². The Balaban J connectivity index is 1.38. The van der Waals surface area contributed by atoms with Crippen molar-refractivity contribution in [3.8, 4) is 0 Å². The molecule has 2 atom stereocenters. The van der Waals surface area contributed by atoms with Gasteiger partial charge in [0.2, 0.25) is 0 Å². The van der Waals surface area contributed by atoms with Crippen LogP contribution >= 0.6 is 0 Å². The first-order valence-corrected chi connectivity index (χ1v) is 10.0. The molecule has 132 valence electrons. The Kier molecular flexibility index (Phi) is 6.21. The van der Waals surface area contributed by atoms with Crippen molar-refractivity contribution in [2.24, 2.45) is 16.8 Å². The fraction of sp³-hybridized carbons (Fsp3) is 0.947. The van der Waals surface area contributed by atoms with Crippen LogP contribution in [0.3, 0.4) is 0 Å². The molecule has 3 rings (SSSR count). The Bertz CT molecular complexity index is 381. The summed E-state index contributed by atoms with van der Waals surface area (Å²) in [5.41, 5.74) is 0. The first-order chi connectivity index (χ1) is 11.3. The van der Waals surface area contributed by atoms with Crippen LogP contribution < -0.4 is 10.6 Å². The summed E-state index contributed by atoms with van der Waals surface area (Å²) in [5.74, 6) is 2.94. The molecule has 2 unspecified atom stereocenters. The van der Waals surface area contributed by atoms with Gasteiger partial charge in [-0.05, 0) is 44.1 Å². The van der Waals surface area contributed by atoms with Gasteiger partial charge >= 0.3 is 0 Å². The minimum Gasteiger partial charge on any atom is -0.354 e. The average molecular weight is 321 g/mol. The number of guanidine groups is 1. The Hall–Kier alpha value is -0.770. The van der Waals surface area contributed by atoms with E-state index in [-0.39, 0.29) is 0 Å². The first kappa shape index (κ1) is 17.1. The molecule has 1 heterocycles. The quantitative estimate of drug-likeness (QED) is 0.604. The van der Waals surface area contributed by atoms with Gasteiger partial charge in [0.1, 0.15) is 0 Å². The number of hydrogen-bond donors (Lipinski definition) is 2. The summed E-state index contributed by atoms with van der Waals surface area (Å²) >= 11 is 0. The van der Waals surface area contributed by atoms with Gasteiger partial charge in [-0.1, -0.05) is 39.0 Å². The average Bonchev–Trinajstić information content (AvgIpc) is 3.36. The number of aliphatic imine (C=N–C) groups is 1. The molecular formula is C19H36N4. The molecule has 0 bridgehead atoms. The standard InChI is InChI=1S/C19H36N4/c1-3-11-23-12-9-16(10-13-23)21-19(20-2)22-18-14-17(18)15-7-5-4-6-8-15/h15-18H,3-14H2,1-2H3,(H2,20,21,22). The molecule has 0 aromatic rings. The molecule has 3 aliphatic rings. The van der Waals surface area contributed by atoms with Crippen molar-refractivity contribution in [1.29, 1.82) is 0 Å². The summed E-state index contributed by atoms with van der Waals surface area (Å²) in [6.07, 6.45) is 12.4. The fourth-order valence-corrected chi connectivity index (χ4v) is 4.62. The van der Waals surface area contributed by atoms with E-state index >= 15 is 0 Å². The predicted octanol–water partition coefficient (Wildman–Crippen LogP) is 2.99. The fourth-order valence-electron chi connectivity index (χ4n) is 4.62. The van der Waals surface area contributed by atoms with Crippen LogP contribution in [0.5, 0.6) is 0 Å². The van der Waals surface area contributed by atoms with Gasteiger partial charge in [-0.3, -0.25) is 4.99 Å². The van der Waals surface area contributed by atoms with Gasteiger partial charge < -0.3 is 15.5 Å². The monoisotopic (exact) mass is 320 g/mol. The lowest BCUT2D eigenvalue weighted by Crippen LogP contribution is -2.49. The number of rotatable bonds is 5. The third-order valence-corrected chi connectivity index (χ3v) is 6.11. The molecule has 1 aliphatic heterocycles. The van der Waals surface area contributed by atoms with E-state index in [0.717, 1.165) is 17.8 Å². The molecule has 4 heteroatoms. The number of hydrogen-bond acceptors (Lipinski definition) is 2. The van der Waals surface area contributed by atoms with Crippen LogP contribution in [0.4, 0.5) is 0 Å². The smallest absolute Gasteiger partial charge is 0.191 e. The molecule has 0 amide bonds. The molecule has 0 radical (unpaired) electrons. The van der Waals surface area contributed by atoms with Crippen LogP contribution in [0.15, 0.2) is 4.99 Å². The lowest BCUT2D eigenvalue weighted by molar-refractivity contribution is 0.206. The zero-order valence-corrected chi connectivity index (χ0v) is 15.2. The highest BCUT2D eigenvalue weighted by Gasteiger charge is 2.43. The molecule has 1 saturated heterocycles. The molecule has 2 saturated carbocycles. The second-order valence-electron chi connectivity index (χ2n) is 7.88. The van der Waals surface area contributed by atoms with Crippen molar-refractivity contribution in [3.05, 3.63) is 0 Å². The van der Waals surface area contributed by atoms with E-state index in [0.29, 0.717) is 12.1 Å². The van der Waals surface area contributed by atoms with Crippen molar-refractivity contribution in [3.63, 3.8) is 0 Å². The van der Waals surface area contributed by atoms with Crippen LogP contribution in [0, 0.1) is 11.8 Å². The minimum absolute atomic E-state index is 0.598. The zero-order valence-electron chi connectivity index (χ0n) is 15.2. The van der Waals surface area contributed by atoms with Gasteiger partial charge in [0.15, 0.2) is 5.96 Å². The lowest BCUT2D eigenvalue weighted by Gasteiger charge is -2.33. The summed E-state index contributed by atoms with van der Waals surface area (Å²) < 4.78 is 0. The molecule has 2 N–H and O–H groups in total. The molecule has 0 aromatic heterocycles. The number of likely N-dealkylation sites (tertiary alicyclic amines) is 1. The Morgan fingerprint density at radius 3 is 2.43 bits per heavy atom. The van der Waals surface area contributed by atoms with Gasteiger partial charge in [0.05, 0.1) is 0 Å². The van der Waals surface area contributed by atoms with E-state index in [1.54, 1.807) is 0 Å².